The van der Waals surface area contributed by atoms with Gasteiger partial charge in [0, 0.05) is 60.8 Å². The molecule has 238 valence electrons. The standard InChI is InChI=1S/C28H30ClF3N10O3/c29-21-11-15(3-4-19(21)25(43)38-16-8-17(9-16)39-27(45)42-7-1-2-14(34)13-42)37-26(44)24-35-12-18(36-24)10-20-22(5-6-33)40-41-23(20)28(30,31)32/h3-4,11-12,14,16-17H,1-2,5,7-10,13,34H2,(H,35,36)(H,37,44)(H,38,43)(H,39,45)(H,40,41)/t14-,16?,17?/m0/s1. The van der Waals surface area contributed by atoms with Crippen LogP contribution >= 0.6 is 11.6 Å². The Kier molecular flexibility index (Phi) is 9.30. The number of imidazole rings is 1. The minimum atomic E-state index is -4.73. The number of alkyl halides is 3. The lowest BCUT2D eigenvalue weighted by Crippen LogP contribution is -2.57. The number of urea groups is 1. The number of rotatable bonds is 8. The number of nitriles is 1. The van der Waals surface area contributed by atoms with E-state index in [1.165, 1.54) is 24.4 Å². The van der Waals surface area contributed by atoms with Gasteiger partial charge in [-0.05, 0) is 43.9 Å². The summed E-state index contributed by atoms with van der Waals surface area (Å²) in [6.45, 7) is 1.20. The zero-order valence-corrected chi connectivity index (χ0v) is 24.6. The van der Waals surface area contributed by atoms with E-state index in [-0.39, 0.29) is 76.0 Å². The second-order valence-electron chi connectivity index (χ2n) is 11.1. The molecule has 1 aliphatic heterocycles. The molecular weight excluding hydrogens is 617 g/mol. The second-order valence-corrected chi connectivity index (χ2v) is 11.5. The summed E-state index contributed by atoms with van der Waals surface area (Å²) < 4.78 is 40.2. The van der Waals surface area contributed by atoms with E-state index in [0.29, 0.717) is 25.9 Å². The first-order valence-corrected chi connectivity index (χ1v) is 14.6. The van der Waals surface area contributed by atoms with Crippen molar-refractivity contribution in [3.8, 4) is 6.07 Å². The number of nitrogens with two attached hydrogens (primary N) is 1. The molecule has 4 amide bonds. The number of piperidine rings is 1. The van der Waals surface area contributed by atoms with Gasteiger partial charge in [-0.1, -0.05) is 11.6 Å². The zero-order chi connectivity index (χ0) is 32.3. The Bertz CT molecular complexity index is 1630. The van der Waals surface area contributed by atoms with Crippen molar-refractivity contribution < 1.29 is 27.6 Å². The third kappa shape index (κ3) is 7.55. The normalized spacial score (nSPS) is 19.7. The van der Waals surface area contributed by atoms with Crippen LogP contribution in [-0.4, -0.2) is 74.1 Å². The molecular formula is C28H30ClF3N10O3. The lowest BCUT2D eigenvalue weighted by Gasteiger charge is -2.38. The Morgan fingerprint density at radius 3 is 2.62 bits per heavy atom. The average Bonchev–Trinajstić information content (AvgIpc) is 3.59. The highest BCUT2D eigenvalue weighted by Crippen LogP contribution is 2.33. The SMILES string of the molecule is N#CCc1[nH]nc(C(F)(F)F)c1Cc1cnc(C(=O)Nc2ccc(C(=O)NC3CC(NC(=O)N4CCC[C@H](N)C4)C3)c(Cl)c2)[nH]1. The quantitative estimate of drug-likeness (QED) is 0.216. The molecule has 2 fully saturated rings. The van der Waals surface area contributed by atoms with Crippen LogP contribution in [0.3, 0.4) is 0 Å². The maximum Gasteiger partial charge on any atom is 0.435 e. The molecule has 3 heterocycles. The number of nitrogens with one attached hydrogen (secondary N) is 5. The van der Waals surface area contributed by atoms with Crippen LogP contribution in [0.5, 0.6) is 0 Å². The molecule has 1 atom stereocenters. The van der Waals surface area contributed by atoms with Crippen LogP contribution in [0.25, 0.3) is 0 Å². The van der Waals surface area contributed by atoms with Crippen LogP contribution in [0.1, 0.15) is 69.3 Å². The summed E-state index contributed by atoms with van der Waals surface area (Å²) in [5, 5.41) is 23.0. The summed E-state index contributed by atoms with van der Waals surface area (Å²) in [5.74, 6) is -1.26. The van der Waals surface area contributed by atoms with Crippen molar-refractivity contribution in [1.29, 1.82) is 5.26 Å². The molecule has 45 heavy (non-hydrogen) atoms. The van der Waals surface area contributed by atoms with Crippen LogP contribution in [-0.2, 0) is 19.0 Å². The number of anilines is 1. The number of amides is 4. The average molecular weight is 647 g/mol. The van der Waals surface area contributed by atoms with Gasteiger partial charge >= 0.3 is 12.2 Å². The topological polar surface area (TPSA) is 198 Å². The first-order valence-electron chi connectivity index (χ1n) is 14.2. The number of aromatic amines is 2. The number of likely N-dealkylation sites (tertiary alicyclic amines) is 1. The summed E-state index contributed by atoms with van der Waals surface area (Å²) in [6.07, 6.45) is -1.18. The van der Waals surface area contributed by atoms with Crippen LogP contribution in [0, 0.1) is 11.3 Å². The number of aromatic nitrogens is 4. The van der Waals surface area contributed by atoms with Gasteiger partial charge in [-0.2, -0.15) is 23.5 Å². The largest absolute Gasteiger partial charge is 0.435 e. The van der Waals surface area contributed by atoms with Crippen molar-refractivity contribution >= 4 is 35.1 Å². The predicted molar refractivity (Wildman–Crippen MR) is 155 cm³/mol. The first kappa shape index (κ1) is 31.8. The number of hydrogen-bond acceptors (Lipinski definition) is 7. The van der Waals surface area contributed by atoms with E-state index in [2.05, 4.69) is 36.1 Å². The summed E-state index contributed by atoms with van der Waals surface area (Å²) in [5.41, 5.74) is 5.26. The molecule has 1 aliphatic carbocycles. The van der Waals surface area contributed by atoms with Gasteiger partial charge in [-0.25, -0.2) is 9.78 Å². The van der Waals surface area contributed by atoms with Crippen LogP contribution < -0.4 is 21.7 Å². The number of H-pyrrole nitrogens is 2. The number of hydrogen-bond donors (Lipinski definition) is 6. The van der Waals surface area contributed by atoms with Crippen LogP contribution in [0.4, 0.5) is 23.7 Å². The summed E-state index contributed by atoms with van der Waals surface area (Å²) in [7, 11) is 0. The predicted octanol–water partition coefficient (Wildman–Crippen LogP) is 3.11. The highest BCUT2D eigenvalue weighted by atomic mass is 35.5. The van der Waals surface area contributed by atoms with E-state index in [9.17, 15) is 27.6 Å². The molecule has 0 unspecified atom stereocenters. The fourth-order valence-corrected chi connectivity index (χ4v) is 5.62. The van der Waals surface area contributed by atoms with Gasteiger partial charge in [0.05, 0.1) is 28.8 Å². The molecule has 2 aromatic heterocycles. The molecule has 1 saturated carbocycles. The van der Waals surface area contributed by atoms with Gasteiger partial charge in [-0.15, -0.1) is 0 Å². The van der Waals surface area contributed by atoms with Crippen molar-refractivity contribution in [2.75, 3.05) is 18.4 Å². The van der Waals surface area contributed by atoms with E-state index >= 15 is 0 Å². The minimum absolute atomic E-state index is 0.0120. The lowest BCUT2D eigenvalue weighted by atomic mass is 9.86. The van der Waals surface area contributed by atoms with Gasteiger partial charge in [-0.3, -0.25) is 14.7 Å². The molecule has 5 rings (SSSR count). The maximum absolute atomic E-state index is 13.4. The highest BCUT2D eigenvalue weighted by molar-refractivity contribution is 6.34. The summed E-state index contributed by atoms with van der Waals surface area (Å²) in [6, 6.07) is 5.76. The molecule has 2 aliphatic rings. The maximum atomic E-state index is 13.4. The van der Waals surface area contributed by atoms with Crippen LogP contribution in [0.2, 0.25) is 5.02 Å². The zero-order valence-electron chi connectivity index (χ0n) is 23.8. The monoisotopic (exact) mass is 646 g/mol. The fourth-order valence-electron chi connectivity index (χ4n) is 5.35. The second kappa shape index (κ2) is 13.2. The molecule has 0 bridgehead atoms. The van der Waals surface area contributed by atoms with E-state index in [1.54, 1.807) is 11.0 Å². The molecule has 17 heteroatoms. The number of carbonyl (C=O) groups excluding carboxylic acids is 3. The molecule has 7 N–H and O–H groups in total. The van der Waals surface area contributed by atoms with Crippen molar-refractivity contribution in [2.45, 2.75) is 62.8 Å². The van der Waals surface area contributed by atoms with Crippen LogP contribution in [0.15, 0.2) is 24.4 Å². The first-order chi connectivity index (χ1) is 21.4. The van der Waals surface area contributed by atoms with Crippen molar-refractivity contribution in [2.24, 2.45) is 5.73 Å². The Labute approximate surface area is 260 Å². The Hall–Kier alpha value is -4.62. The van der Waals surface area contributed by atoms with Crippen molar-refractivity contribution in [3.05, 3.63) is 63.5 Å². The molecule has 0 spiro atoms. The summed E-state index contributed by atoms with van der Waals surface area (Å²) in [4.78, 5) is 46.4. The van der Waals surface area contributed by atoms with Gasteiger partial charge < -0.3 is 31.6 Å². The number of benzene rings is 1. The Balaban J connectivity index is 1.13. The Morgan fingerprint density at radius 2 is 1.93 bits per heavy atom. The Morgan fingerprint density at radius 1 is 1.18 bits per heavy atom. The molecule has 1 aromatic carbocycles. The van der Waals surface area contributed by atoms with E-state index in [0.717, 1.165) is 12.8 Å². The third-order valence-electron chi connectivity index (χ3n) is 7.71. The van der Waals surface area contributed by atoms with E-state index in [4.69, 9.17) is 22.6 Å². The lowest BCUT2D eigenvalue weighted by molar-refractivity contribution is -0.141. The number of carbonyl (C=O) groups is 3. The van der Waals surface area contributed by atoms with Crippen molar-refractivity contribution in [3.63, 3.8) is 0 Å². The number of nitrogens with zero attached hydrogens (tertiary/aromatic N) is 4. The van der Waals surface area contributed by atoms with Gasteiger partial charge in [0.1, 0.15) is 0 Å². The van der Waals surface area contributed by atoms with Gasteiger partial charge in [0.25, 0.3) is 11.8 Å². The van der Waals surface area contributed by atoms with Gasteiger partial charge in [0.15, 0.2) is 11.5 Å². The molecule has 13 nitrogen and oxygen atoms in total. The molecule has 3 aromatic rings. The molecule has 1 saturated heterocycles. The van der Waals surface area contributed by atoms with Crippen molar-refractivity contribution in [1.82, 2.24) is 35.7 Å². The number of halogens is 4. The summed E-state index contributed by atoms with van der Waals surface area (Å²) >= 11 is 6.34. The minimum Gasteiger partial charge on any atom is -0.349 e. The fraction of sp³-hybridized carbons (Fsp3) is 0.429. The smallest absolute Gasteiger partial charge is 0.349 e. The highest BCUT2D eigenvalue weighted by Gasteiger charge is 2.38. The third-order valence-corrected chi connectivity index (χ3v) is 8.02. The van der Waals surface area contributed by atoms with E-state index < -0.39 is 23.7 Å². The molecule has 0 radical (unpaired) electrons. The van der Waals surface area contributed by atoms with E-state index in [1.807, 2.05) is 0 Å². The van der Waals surface area contributed by atoms with Gasteiger partial charge in [0.2, 0.25) is 0 Å².